The van der Waals surface area contributed by atoms with Crippen LogP contribution in [0.1, 0.15) is 44.8 Å². The molecule has 2 N–H and O–H groups in total. The fourth-order valence-electron chi connectivity index (χ4n) is 2.39. The Labute approximate surface area is 121 Å². The summed E-state index contributed by atoms with van der Waals surface area (Å²) in [6.07, 6.45) is 3.55. The van der Waals surface area contributed by atoms with Crippen LogP contribution in [0, 0.1) is 0 Å². The summed E-state index contributed by atoms with van der Waals surface area (Å²) in [5.41, 5.74) is 7.00. The van der Waals surface area contributed by atoms with Crippen molar-refractivity contribution in [1.29, 1.82) is 0 Å². The van der Waals surface area contributed by atoms with Crippen LogP contribution in [0.4, 0.5) is 0 Å². The third-order valence-corrected chi connectivity index (χ3v) is 3.84. The average molecular weight is 278 g/mol. The second kappa shape index (κ2) is 7.11. The monoisotopic (exact) mass is 278 g/mol. The van der Waals surface area contributed by atoms with Crippen molar-refractivity contribution in [2.45, 2.75) is 51.8 Å². The van der Waals surface area contributed by atoms with Crippen molar-refractivity contribution < 1.29 is 4.74 Å². The molecule has 1 saturated heterocycles. The van der Waals surface area contributed by atoms with Gasteiger partial charge in [-0.2, -0.15) is 0 Å². The van der Waals surface area contributed by atoms with Crippen molar-refractivity contribution >= 4 is 0 Å². The SMILES string of the molecule is CCC(N)Cc1ccnc(C2CN(C(C)C)CCO2)n1. The standard InChI is InChI=1S/C15H26N4O/c1-4-12(16)9-13-5-6-17-15(18-13)14-10-19(11(2)3)7-8-20-14/h5-6,11-12,14H,4,7-10,16H2,1-3H3. The molecule has 1 aliphatic rings. The average Bonchev–Trinajstić information content (AvgIpc) is 2.47. The lowest BCUT2D eigenvalue weighted by molar-refractivity contribution is -0.0443. The topological polar surface area (TPSA) is 64.3 Å². The third kappa shape index (κ3) is 3.98. The highest BCUT2D eigenvalue weighted by atomic mass is 16.5. The Morgan fingerprint density at radius 1 is 1.50 bits per heavy atom. The van der Waals surface area contributed by atoms with Gasteiger partial charge in [-0.3, -0.25) is 4.90 Å². The van der Waals surface area contributed by atoms with Crippen LogP contribution < -0.4 is 5.73 Å². The summed E-state index contributed by atoms with van der Waals surface area (Å²) >= 11 is 0. The first-order valence-corrected chi connectivity index (χ1v) is 7.53. The highest BCUT2D eigenvalue weighted by molar-refractivity contribution is 5.06. The summed E-state index contributed by atoms with van der Waals surface area (Å²) in [4.78, 5) is 11.4. The summed E-state index contributed by atoms with van der Waals surface area (Å²) in [5.74, 6) is 0.788. The van der Waals surface area contributed by atoms with Gasteiger partial charge in [0.05, 0.1) is 6.61 Å². The van der Waals surface area contributed by atoms with Crippen LogP contribution in [0.2, 0.25) is 0 Å². The maximum Gasteiger partial charge on any atom is 0.158 e. The number of ether oxygens (including phenoxy) is 1. The van der Waals surface area contributed by atoms with Gasteiger partial charge in [0, 0.05) is 43.5 Å². The van der Waals surface area contributed by atoms with E-state index >= 15 is 0 Å². The molecule has 0 saturated carbocycles. The fraction of sp³-hybridized carbons (Fsp3) is 0.733. The quantitative estimate of drug-likeness (QED) is 0.885. The van der Waals surface area contributed by atoms with E-state index in [0.29, 0.717) is 6.04 Å². The van der Waals surface area contributed by atoms with E-state index < -0.39 is 0 Å². The normalized spacial score (nSPS) is 22.1. The third-order valence-electron chi connectivity index (χ3n) is 3.84. The zero-order valence-electron chi connectivity index (χ0n) is 12.7. The smallest absolute Gasteiger partial charge is 0.158 e. The number of nitrogens with two attached hydrogens (primary N) is 1. The van der Waals surface area contributed by atoms with Crippen molar-refractivity contribution in [3.05, 3.63) is 23.8 Å². The molecule has 2 unspecified atom stereocenters. The molecule has 1 aliphatic heterocycles. The van der Waals surface area contributed by atoms with Gasteiger partial charge >= 0.3 is 0 Å². The summed E-state index contributed by atoms with van der Waals surface area (Å²) in [5, 5.41) is 0. The van der Waals surface area contributed by atoms with Crippen molar-refractivity contribution in [3.63, 3.8) is 0 Å². The summed E-state index contributed by atoms with van der Waals surface area (Å²) in [6.45, 7) is 9.10. The van der Waals surface area contributed by atoms with E-state index in [1.807, 2.05) is 12.3 Å². The maximum absolute atomic E-state index is 6.00. The Kier molecular flexibility index (Phi) is 5.46. The number of hydrogen-bond donors (Lipinski definition) is 1. The second-order valence-electron chi connectivity index (χ2n) is 5.73. The first-order chi connectivity index (χ1) is 9.60. The molecule has 0 bridgehead atoms. The van der Waals surface area contributed by atoms with Crippen LogP contribution in [-0.4, -0.2) is 46.6 Å². The summed E-state index contributed by atoms with van der Waals surface area (Å²) < 4.78 is 5.83. The van der Waals surface area contributed by atoms with E-state index in [9.17, 15) is 0 Å². The Hall–Kier alpha value is -1.04. The minimum atomic E-state index is -0.0241. The van der Waals surface area contributed by atoms with E-state index in [0.717, 1.165) is 44.1 Å². The van der Waals surface area contributed by atoms with Crippen LogP contribution in [0.25, 0.3) is 0 Å². The molecule has 5 heteroatoms. The zero-order valence-corrected chi connectivity index (χ0v) is 12.7. The minimum absolute atomic E-state index is 0.0241. The number of hydrogen-bond acceptors (Lipinski definition) is 5. The fourth-order valence-corrected chi connectivity index (χ4v) is 2.39. The highest BCUT2D eigenvalue weighted by Gasteiger charge is 2.25. The Morgan fingerprint density at radius 2 is 2.30 bits per heavy atom. The predicted octanol–water partition coefficient (Wildman–Crippen LogP) is 1.54. The molecule has 2 heterocycles. The largest absolute Gasteiger partial charge is 0.368 e. The lowest BCUT2D eigenvalue weighted by Crippen LogP contribution is -2.42. The molecule has 112 valence electrons. The number of morpholine rings is 1. The van der Waals surface area contributed by atoms with Crippen LogP contribution in [0.5, 0.6) is 0 Å². The van der Waals surface area contributed by atoms with Crippen LogP contribution in [-0.2, 0) is 11.2 Å². The molecule has 1 aromatic heterocycles. The van der Waals surface area contributed by atoms with Gasteiger partial charge in [0.1, 0.15) is 6.10 Å². The molecule has 5 nitrogen and oxygen atoms in total. The van der Waals surface area contributed by atoms with Gasteiger partial charge in [0.2, 0.25) is 0 Å². The molecule has 0 aromatic carbocycles. The molecule has 1 fully saturated rings. The van der Waals surface area contributed by atoms with Crippen LogP contribution >= 0.6 is 0 Å². The predicted molar refractivity (Wildman–Crippen MR) is 79.4 cm³/mol. The van der Waals surface area contributed by atoms with E-state index in [4.69, 9.17) is 10.5 Å². The van der Waals surface area contributed by atoms with Crippen molar-refractivity contribution in [2.24, 2.45) is 5.73 Å². The number of nitrogens with zero attached hydrogens (tertiary/aromatic N) is 3. The second-order valence-corrected chi connectivity index (χ2v) is 5.73. The lowest BCUT2D eigenvalue weighted by atomic mass is 10.1. The van der Waals surface area contributed by atoms with E-state index in [-0.39, 0.29) is 12.1 Å². The van der Waals surface area contributed by atoms with Gasteiger partial charge < -0.3 is 10.5 Å². The van der Waals surface area contributed by atoms with Crippen LogP contribution in [0.15, 0.2) is 12.3 Å². The van der Waals surface area contributed by atoms with Crippen molar-refractivity contribution in [3.8, 4) is 0 Å². The number of rotatable bonds is 5. The molecule has 0 radical (unpaired) electrons. The summed E-state index contributed by atoms with van der Waals surface area (Å²) in [7, 11) is 0. The van der Waals surface area contributed by atoms with Gasteiger partial charge in [-0.1, -0.05) is 6.92 Å². The van der Waals surface area contributed by atoms with Gasteiger partial charge in [-0.05, 0) is 26.3 Å². The molecule has 2 atom stereocenters. The molecule has 0 amide bonds. The van der Waals surface area contributed by atoms with Gasteiger partial charge in [0.15, 0.2) is 5.82 Å². The minimum Gasteiger partial charge on any atom is -0.368 e. The first-order valence-electron chi connectivity index (χ1n) is 7.53. The van der Waals surface area contributed by atoms with E-state index in [2.05, 4.69) is 35.6 Å². The maximum atomic E-state index is 6.00. The van der Waals surface area contributed by atoms with Crippen LogP contribution in [0.3, 0.4) is 0 Å². The number of aromatic nitrogens is 2. The van der Waals surface area contributed by atoms with Crippen molar-refractivity contribution in [1.82, 2.24) is 14.9 Å². The first kappa shape index (κ1) is 15.4. The Morgan fingerprint density at radius 3 is 3.00 bits per heavy atom. The zero-order chi connectivity index (χ0) is 14.5. The van der Waals surface area contributed by atoms with Crippen molar-refractivity contribution in [2.75, 3.05) is 19.7 Å². The van der Waals surface area contributed by atoms with E-state index in [1.165, 1.54) is 0 Å². The Bertz CT molecular complexity index is 424. The molecular weight excluding hydrogens is 252 g/mol. The molecular formula is C15H26N4O. The Balaban J connectivity index is 2.06. The lowest BCUT2D eigenvalue weighted by Gasteiger charge is -2.34. The van der Waals surface area contributed by atoms with Gasteiger partial charge in [-0.15, -0.1) is 0 Å². The molecule has 20 heavy (non-hydrogen) atoms. The molecule has 0 spiro atoms. The highest BCUT2D eigenvalue weighted by Crippen LogP contribution is 2.20. The van der Waals surface area contributed by atoms with Gasteiger partial charge in [0.25, 0.3) is 0 Å². The van der Waals surface area contributed by atoms with Gasteiger partial charge in [-0.25, -0.2) is 9.97 Å². The molecule has 1 aromatic rings. The molecule has 0 aliphatic carbocycles. The molecule has 2 rings (SSSR count). The summed E-state index contributed by atoms with van der Waals surface area (Å²) in [6, 6.07) is 2.64. The van der Waals surface area contributed by atoms with E-state index in [1.54, 1.807) is 0 Å².